The molecule has 0 fully saturated rings. The summed E-state index contributed by atoms with van der Waals surface area (Å²) in [4.78, 5) is 15.8. The Hall–Kier alpha value is -0.880. The molecule has 2 aromatic heterocycles. The molecule has 0 saturated carbocycles. The maximum absolute atomic E-state index is 11.6. The Morgan fingerprint density at radius 2 is 2.19 bits per heavy atom. The van der Waals surface area contributed by atoms with Crippen LogP contribution in [0.2, 0.25) is 0 Å². The lowest BCUT2D eigenvalue weighted by atomic mass is 10.3. The monoisotopic (exact) mass is 346 g/mol. The third kappa shape index (κ3) is 1.76. The molecule has 16 heavy (non-hydrogen) atoms. The van der Waals surface area contributed by atoms with Crippen LogP contribution in [-0.4, -0.2) is 22.5 Å². The van der Waals surface area contributed by atoms with Gasteiger partial charge in [-0.1, -0.05) is 0 Å². The highest BCUT2D eigenvalue weighted by Gasteiger charge is 2.16. The zero-order valence-electron chi connectivity index (χ0n) is 8.62. The van der Waals surface area contributed by atoms with E-state index in [1.807, 2.05) is 23.6 Å². The molecule has 2 heterocycles. The van der Waals surface area contributed by atoms with Gasteiger partial charge >= 0.3 is 5.97 Å². The zero-order chi connectivity index (χ0) is 11.9. The lowest BCUT2D eigenvalue weighted by Gasteiger charge is -2.04. The molecule has 0 radical (unpaired) electrons. The Labute approximate surface area is 109 Å². The van der Waals surface area contributed by atoms with E-state index >= 15 is 0 Å². The molecule has 0 atom stereocenters. The molecule has 0 aliphatic carbocycles. The maximum atomic E-state index is 11.6. The number of fused-ring (bicyclic) bond motifs is 1. The van der Waals surface area contributed by atoms with E-state index in [9.17, 15) is 4.79 Å². The second kappa shape index (κ2) is 4.18. The summed E-state index contributed by atoms with van der Waals surface area (Å²) in [5, 5.41) is 0. The predicted molar refractivity (Wildman–Crippen MR) is 66.7 cm³/mol. The van der Waals surface area contributed by atoms with Crippen LogP contribution in [0.5, 0.6) is 0 Å². The van der Waals surface area contributed by atoms with Crippen LogP contribution in [0.25, 0.3) is 5.52 Å². The molecule has 0 unspecified atom stereocenters. The fourth-order valence-corrected chi connectivity index (χ4v) is 2.29. The van der Waals surface area contributed by atoms with Gasteiger partial charge in [-0.25, -0.2) is 9.78 Å². The summed E-state index contributed by atoms with van der Waals surface area (Å²) in [5.41, 5.74) is 1.77. The van der Waals surface area contributed by atoms with Crippen LogP contribution in [-0.2, 0) is 4.74 Å². The minimum absolute atomic E-state index is 0.314. The van der Waals surface area contributed by atoms with Crippen LogP contribution in [0, 0.1) is 6.92 Å². The molecule has 0 bridgehead atoms. The van der Waals surface area contributed by atoms with Gasteiger partial charge in [0.05, 0.1) is 22.8 Å². The van der Waals surface area contributed by atoms with Crippen molar-refractivity contribution >= 4 is 43.3 Å². The van der Waals surface area contributed by atoms with E-state index in [0.717, 1.165) is 14.8 Å². The largest absolute Gasteiger partial charge is 0.464 e. The smallest absolute Gasteiger partial charge is 0.358 e. The number of aromatic nitrogens is 2. The number of esters is 1. The number of rotatable bonds is 1. The van der Waals surface area contributed by atoms with Crippen LogP contribution in [0.3, 0.4) is 0 Å². The van der Waals surface area contributed by atoms with Gasteiger partial charge in [-0.3, -0.25) is 0 Å². The molecule has 2 rings (SSSR count). The predicted octanol–water partition coefficient (Wildman–Crippen LogP) is 2.95. The Morgan fingerprint density at radius 1 is 1.50 bits per heavy atom. The summed E-state index contributed by atoms with van der Waals surface area (Å²) >= 11 is 6.82. The fraction of sp³-hybridized carbons (Fsp3) is 0.200. The van der Waals surface area contributed by atoms with E-state index in [-0.39, 0.29) is 0 Å². The van der Waals surface area contributed by atoms with Crippen molar-refractivity contribution in [3.63, 3.8) is 0 Å². The van der Waals surface area contributed by atoms with Crippen LogP contribution < -0.4 is 0 Å². The first kappa shape index (κ1) is 11.6. The van der Waals surface area contributed by atoms with E-state index in [1.165, 1.54) is 7.11 Å². The summed E-state index contributed by atoms with van der Waals surface area (Å²) in [6, 6.07) is 1.82. The quantitative estimate of drug-likeness (QED) is 0.745. The number of aryl methyl sites for hydroxylation is 1. The normalized spacial score (nSPS) is 10.8. The topological polar surface area (TPSA) is 43.6 Å². The van der Waals surface area contributed by atoms with Gasteiger partial charge in [0, 0.05) is 6.20 Å². The highest BCUT2D eigenvalue weighted by atomic mass is 79.9. The molecule has 0 N–H and O–H groups in total. The van der Waals surface area contributed by atoms with Crippen LogP contribution in [0.15, 0.2) is 21.3 Å². The van der Waals surface area contributed by atoms with E-state index in [4.69, 9.17) is 4.74 Å². The minimum atomic E-state index is -0.439. The maximum Gasteiger partial charge on any atom is 0.358 e. The van der Waals surface area contributed by atoms with Crippen molar-refractivity contribution in [3.05, 3.63) is 32.7 Å². The Morgan fingerprint density at radius 3 is 2.81 bits per heavy atom. The Balaban J connectivity index is 2.83. The number of carbonyl (C=O) groups is 1. The van der Waals surface area contributed by atoms with Crippen molar-refractivity contribution in [2.45, 2.75) is 6.92 Å². The Kier molecular flexibility index (Phi) is 3.03. The number of ether oxygens (including phenoxy) is 1. The summed E-state index contributed by atoms with van der Waals surface area (Å²) in [6.45, 7) is 1.83. The van der Waals surface area contributed by atoms with Crippen molar-refractivity contribution in [2.75, 3.05) is 7.11 Å². The van der Waals surface area contributed by atoms with Crippen molar-refractivity contribution in [2.24, 2.45) is 0 Å². The summed E-state index contributed by atoms with van der Waals surface area (Å²) in [5.74, 6) is -0.439. The fourth-order valence-electron chi connectivity index (χ4n) is 1.47. The molecular weight excluding hydrogens is 340 g/mol. The van der Waals surface area contributed by atoms with E-state index in [0.29, 0.717) is 11.2 Å². The second-order valence-corrected chi connectivity index (χ2v) is 4.87. The summed E-state index contributed by atoms with van der Waals surface area (Å²) in [7, 11) is 1.34. The summed E-state index contributed by atoms with van der Waals surface area (Å²) < 4.78 is 8.26. The van der Waals surface area contributed by atoms with Crippen molar-refractivity contribution in [1.82, 2.24) is 9.38 Å². The molecule has 0 aliphatic heterocycles. The lowest BCUT2D eigenvalue weighted by molar-refractivity contribution is 0.0595. The first-order chi connectivity index (χ1) is 7.54. The lowest BCUT2D eigenvalue weighted by Crippen LogP contribution is -2.08. The van der Waals surface area contributed by atoms with Crippen molar-refractivity contribution in [1.29, 1.82) is 0 Å². The van der Waals surface area contributed by atoms with Gasteiger partial charge in [0.25, 0.3) is 0 Å². The number of carbonyl (C=O) groups excluding carboxylic acids is 1. The van der Waals surface area contributed by atoms with Gasteiger partial charge in [-0.05, 0) is 44.8 Å². The third-order valence-corrected chi connectivity index (χ3v) is 4.10. The van der Waals surface area contributed by atoms with Gasteiger partial charge in [-0.15, -0.1) is 0 Å². The zero-order valence-corrected chi connectivity index (χ0v) is 11.8. The molecule has 84 valence electrons. The van der Waals surface area contributed by atoms with Gasteiger partial charge in [-0.2, -0.15) is 0 Å². The molecule has 2 aromatic rings. The molecule has 0 saturated heterocycles. The van der Waals surface area contributed by atoms with Crippen LogP contribution in [0.4, 0.5) is 0 Å². The first-order valence-corrected chi connectivity index (χ1v) is 6.05. The first-order valence-electron chi connectivity index (χ1n) is 4.46. The van der Waals surface area contributed by atoms with Crippen molar-refractivity contribution in [3.8, 4) is 0 Å². The second-order valence-electron chi connectivity index (χ2n) is 3.26. The number of hydrogen-bond donors (Lipinski definition) is 0. The minimum Gasteiger partial charge on any atom is -0.464 e. The molecule has 4 nitrogen and oxygen atoms in total. The van der Waals surface area contributed by atoms with E-state index in [1.54, 1.807) is 0 Å². The molecule has 0 amide bonds. The van der Waals surface area contributed by atoms with Gasteiger partial charge in [0.2, 0.25) is 0 Å². The standard InChI is InChI=1S/C10H8Br2N2O2/c1-5-4-14-7(3-6(11)9(14)12)8(13-5)10(15)16-2/h3-4H,1-2H3. The van der Waals surface area contributed by atoms with Gasteiger partial charge in [0.15, 0.2) is 5.69 Å². The number of halogens is 2. The number of nitrogens with zero attached hydrogens (tertiary/aromatic N) is 2. The summed E-state index contributed by atoms with van der Waals surface area (Å²) in [6.07, 6.45) is 1.84. The van der Waals surface area contributed by atoms with Gasteiger partial charge in [0.1, 0.15) is 4.60 Å². The molecule has 0 aromatic carbocycles. The van der Waals surface area contributed by atoms with Gasteiger partial charge < -0.3 is 9.14 Å². The highest BCUT2D eigenvalue weighted by Crippen LogP contribution is 2.28. The average molecular weight is 348 g/mol. The molecule has 6 heteroatoms. The highest BCUT2D eigenvalue weighted by molar-refractivity contribution is 9.13. The van der Waals surface area contributed by atoms with Crippen LogP contribution >= 0.6 is 31.9 Å². The van der Waals surface area contributed by atoms with E-state index < -0.39 is 5.97 Å². The van der Waals surface area contributed by atoms with E-state index in [2.05, 4.69) is 36.8 Å². The number of methoxy groups -OCH3 is 1. The molecular formula is C10H8Br2N2O2. The Bertz CT molecular complexity index is 578. The van der Waals surface area contributed by atoms with Crippen LogP contribution in [0.1, 0.15) is 16.2 Å². The van der Waals surface area contributed by atoms with Crippen molar-refractivity contribution < 1.29 is 9.53 Å². The SMILES string of the molecule is COC(=O)c1nc(C)cn2c(Br)c(Br)cc12. The number of hydrogen-bond acceptors (Lipinski definition) is 3. The average Bonchev–Trinajstić information content (AvgIpc) is 2.54. The molecule has 0 aliphatic rings. The third-order valence-electron chi connectivity index (χ3n) is 2.16. The molecule has 0 spiro atoms.